The zero-order chi connectivity index (χ0) is 29.0. The normalized spacial score (nSPS) is 27.3. The van der Waals surface area contributed by atoms with E-state index in [1.165, 1.54) is 18.2 Å². The van der Waals surface area contributed by atoms with Gasteiger partial charge in [0.25, 0.3) is 5.69 Å². The molecule has 2 fully saturated rings. The summed E-state index contributed by atoms with van der Waals surface area (Å²) >= 11 is 0. The fourth-order valence-corrected chi connectivity index (χ4v) is 3.78. The second-order valence-corrected chi connectivity index (χ2v) is 7.46. The molecule has 1 aliphatic carbocycles. The minimum atomic E-state index is -3.23. The quantitative estimate of drug-likeness (QED) is 0.542. The molecule has 4 rings (SSSR count). The molecule has 0 bridgehead atoms. The minimum Gasteiger partial charge on any atom is -0.369 e. The first-order valence-corrected chi connectivity index (χ1v) is 10.0. The highest BCUT2D eigenvalue weighted by atomic mass is 16.6. The highest BCUT2D eigenvalue weighted by Crippen LogP contribution is 2.25. The number of aromatic nitrogens is 3. The van der Waals surface area contributed by atoms with E-state index in [1.54, 1.807) is 0 Å². The molecule has 0 unspecified atom stereocenters. The first-order valence-electron chi connectivity index (χ1n) is 14.5. The van der Waals surface area contributed by atoms with Crippen molar-refractivity contribution in [1.29, 1.82) is 0 Å². The highest BCUT2D eigenvalue weighted by molar-refractivity contribution is 5.53. The molecule has 0 spiro atoms. The van der Waals surface area contributed by atoms with Gasteiger partial charge in [0.15, 0.2) is 1.41 Å². The van der Waals surface area contributed by atoms with Crippen molar-refractivity contribution in [3.8, 4) is 0 Å². The largest absolute Gasteiger partial charge is 0.369 e. The lowest BCUT2D eigenvalue weighted by Crippen LogP contribution is -2.47. The van der Waals surface area contributed by atoms with E-state index in [4.69, 9.17) is 12.4 Å². The van der Waals surface area contributed by atoms with Crippen molar-refractivity contribution < 1.29 is 17.3 Å². The van der Waals surface area contributed by atoms with Gasteiger partial charge in [-0.05, 0) is 24.8 Å². The highest BCUT2D eigenvalue weighted by Gasteiger charge is 2.21. The van der Waals surface area contributed by atoms with E-state index in [1.807, 2.05) is 0 Å². The van der Waals surface area contributed by atoms with Gasteiger partial charge in [-0.2, -0.15) is 5.10 Å². The number of nitro benzene ring substituents is 1. The molecule has 9 nitrogen and oxygen atoms in total. The molecule has 2 aromatic rings. The predicted octanol–water partition coefficient (Wildman–Crippen LogP) is 2.42. The summed E-state index contributed by atoms with van der Waals surface area (Å²) in [6.45, 7) is -10.1. The molecule has 1 saturated carbocycles. The lowest BCUT2D eigenvalue weighted by atomic mass is 9.89. The van der Waals surface area contributed by atoms with Crippen LogP contribution in [0.25, 0.3) is 0 Å². The lowest BCUT2D eigenvalue weighted by molar-refractivity contribution is -0.384. The summed E-state index contributed by atoms with van der Waals surface area (Å²) in [7, 11) is 0. The maximum absolute atomic E-state index is 12.7. The average Bonchev–Trinajstić information content (AvgIpc) is 3.15. The van der Waals surface area contributed by atoms with Crippen LogP contribution in [0.5, 0.6) is 0 Å². The SMILES string of the molecule is [2H]n1nc(C([2H])([2H])C([2H])([2H])N2CCN(c3cccc([N+](=O)[O-])c3)C([2H])([2H])C2([2H])[2H])n(CC2CCCCC2)c1=O. The zero-order valence-corrected chi connectivity index (χ0v) is 16.5. The fourth-order valence-electron chi connectivity index (χ4n) is 3.78. The number of benzene rings is 1. The van der Waals surface area contributed by atoms with Crippen LogP contribution in [-0.4, -0.2) is 57.2 Å². The third-order valence-corrected chi connectivity index (χ3v) is 5.40. The van der Waals surface area contributed by atoms with E-state index in [-0.39, 0.29) is 35.5 Å². The number of piperazine rings is 1. The maximum atomic E-state index is 12.7. The van der Waals surface area contributed by atoms with Crippen molar-refractivity contribution in [2.45, 2.75) is 45.0 Å². The van der Waals surface area contributed by atoms with Crippen LogP contribution in [-0.2, 0) is 12.9 Å². The molecule has 9 heteroatoms. The summed E-state index contributed by atoms with van der Waals surface area (Å²) in [6.07, 6.45) is 1.34. The van der Waals surface area contributed by atoms with Gasteiger partial charge in [0, 0.05) is 71.5 Å². The molecule has 0 radical (unpaired) electrons. The minimum absolute atomic E-state index is 0.00978. The Bertz CT molecular complexity index is 1290. The van der Waals surface area contributed by atoms with Crippen molar-refractivity contribution in [1.82, 2.24) is 19.7 Å². The summed E-state index contributed by atoms with van der Waals surface area (Å²) in [5, 5.41) is 15.1. The fraction of sp³-hybridized carbons (Fsp3) is 0.619. The Morgan fingerprint density at radius 1 is 1.30 bits per heavy atom. The number of hydrogen-bond acceptors (Lipinski definition) is 6. The standard InChI is InChI=1S/C21H30N6O3/c28-21-23-22-20(26(21)16-17-5-2-1-3-6-17)9-10-24-11-13-25(14-12-24)18-7-4-8-19(15-18)27(29)30/h4,7-8,15,17H,1-3,5-6,9-14,16H2,(H,23,28)/i9D2,10D2,11D2,13D2/hD. The molecular formula is C21H30N6O3. The Kier molecular flexibility index (Phi) is 3.84. The van der Waals surface area contributed by atoms with E-state index < -0.39 is 48.8 Å². The van der Waals surface area contributed by atoms with E-state index in [9.17, 15) is 14.9 Å². The molecular weight excluding hydrogens is 384 g/mol. The number of non-ortho nitro benzene ring substituents is 1. The maximum Gasteiger partial charge on any atom is 0.343 e. The lowest BCUT2D eigenvalue weighted by Gasteiger charge is -2.36. The van der Waals surface area contributed by atoms with Crippen molar-refractivity contribution >= 4 is 11.4 Å². The number of aromatic amines is 1. The van der Waals surface area contributed by atoms with Gasteiger partial charge in [-0.3, -0.25) is 19.6 Å². The molecule has 1 aromatic heterocycles. The smallest absolute Gasteiger partial charge is 0.343 e. The van der Waals surface area contributed by atoms with Gasteiger partial charge in [-0.25, -0.2) is 9.89 Å². The second kappa shape index (κ2) is 9.42. The van der Waals surface area contributed by atoms with E-state index in [2.05, 4.69) is 5.10 Å². The van der Waals surface area contributed by atoms with Gasteiger partial charge in [0.1, 0.15) is 5.82 Å². The Morgan fingerprint density at radius 2 is 2.13 bits per heavy atom. The van der Waals surface area contributed by atoms with Crippen molar-refractivity contribution in [2.75, 3.05) is 37.5 Å². The molecule has 0 amide bonds. The number of rotatable bonds is 7. The molecule has 2 heterocycles. The number of aryl methyl sites for hydroxylation is 1. The summed E-state index contributed by atoms with van der Waals surface area (Å²) in [5.74, 6) is -0.657. The van der Waals surface area contributed by atoms with Gasteiger partial charge >= 0.3 is 5.69 Å². The van der Waals surface area contributed by atoms with Crippen LogP contribution in [0.3, 0.4) is 0 Å². The number of H-pyrrole nitrogens is 1. The van der Waals surface area contributed by atoms with Gasteiger partial charge in [0.05, 0.1) is 7.66 Å². The van der Waals surface area contributed by atoms with Crippen LogP contribution < -0.4 is 10.6 Å². The van der Waals surface area contributed by atoms with Crippen molar-refractivity contribution in [3.63, 3.8) is 0 Å². The van der Waals surface area contributed by atoms with Crippen LogP contribution in [0.2, 0.25) is 1.41 Å². The van der Waals surface area contributed by atoms with Crippen LogP contribution in [0.4, 0.5) is 11.4 Å². The van der Waals surface area contributed by atoms with E-state index in [0.29, 0.717) is 4.90 Å². The van der Waals surface area contributed by atoms with Crippen LogP contribution in [0.1, 0.15) is 48.9 Å². The summed E-state index contributed by atoms with van der Waals surface area (Å²) in [5.41, 5.74) is -1.26. The van der Waals surface area contributed by atoms with Gasteiger partial charge < -0.3 is 4.90 Å². The zero-order valence-electron chi connectivity index (χ0n) is 25.5. The number of hydrogen-bond donors (Lipinski definition) is 1. The molecule has 2 aliphatic rings. The first-order chi connectivity index (χ1) is 18.0. The molecule has 1 aromatic carbocycles. The molecule has 0 atom stereocenters. The van der Waals surface area contributed by atoms with Crippen LogP contribution in [0.15, 0.2) is 29.1 Å². The second-order valence-electron chi connectivity index (χ2n) is 7.46. The van der Waals surface area contributed by atoms with Crippen LogP contribution >= 0.6 is 0 Å². The third kappa shape index (κ3) is 4.89. The van der Waals surface area contributed by atoms with Crippen LogP contribution in [0, 0.1) is 16.0 Å². The Labute approximate surface area is 188 Å². The van der Waals surface area contributed by atoms with Crippen molar-refractivity contribution in [2.24, 2.45) is 5.92 Å². The van der Waals surface area contributed by atoms with Crippen molar-refractivity contribution in [3.05, 3.63) is 50.7 Å². The Morgan fingerprint density at radius 3 is 2.93 bits per heavy atom. The number of nitrogens with one attached hydrogen (secondary N) is 1. The first kappa shape index (κ1) is 12.2. The summed E-state index contributed by atoms with van der Waals surface area (Å²) < 4.78 is 78.0. The van der Waals surface area contributed by atoms with Gasteiger partial charge in [0.2, 0.25) is 0 Å². The Balaban J connectivity index is 1.70. The van der Waals surface area contributed by atoms with Gasteiger partial charge in [-0.1, -0.05) is 25.3 Å². The van der Waals surface area contributed by atoms with Gasteiger partial charge in [-0.15, -0.1) is 0 Å². The molecule has 30 heavy (non-hydrogen) atoms. The number of nitro groups is 1. The Hall–Kier alpha value is -2.68. The summed E-state index contributed by atoms with van der Waals surface area (Å²) in [4.78, 5) is 24.6. The molecule has 1 N–H and O–H groups in total. The average molecular weight is 424 g/mol. The number of anilines is 1. The summed E-state index contributed by atoms with van der Waals surface area (Å²) in [6, 6.07) is 4.99. The predicted molar refractivity (Wildman–Crippen MR) is 115 cm³/mol. The molecule has 162 valence electrons. The molecule has 1 aliphatic heterocycles. The topological polar surface area (TPSA) is 100 Å². The number of nitrogens with zero attached hydrogens (tertiary/aromatic N) is 5. The molecule has 1 saturated heterocycles. The van der Waals surface area contributed by atoms with E-state index >= 15 is 0 Å². The third-order valence-electron chi connectivity index (χ3n) is 5.40. The monoisotopic (exact) mass is 423 g/mol. The van der Waals surface area contributed by atoms with E-state index in [0.717, 1.165) is 47.6 Å².